The van der Waals surface area contributed by atoms with Gasteiger partial charge in [-0.15, -0.1) is 0 Å². The first-order chi connectivity index (χ1) is 7.09. The molecule has 1 rings (SSSR count). The van der Waals surface area contributed by atoms with Crippen molar-refractivity contribution in [1.82, 2.24) is 0 Å². The molecule has 0 bridgehead atoms. The van der Waals surface area contributed by atoms with Crippen LogP contribution in [-0.4, -0.2) is 12.4 Å². The van der Waals surface area contributed by atoms with Gasteiger partial charge < -0.3 is 9.53 Å². The van der Waals surface area contributed by atoms with Gasteiger partial charge in [-0.25, -0.2) is 4.39 Å². The van der Waals surface area contributed by atoms with Crippen LogP contribution in [0.1, 0.15) is 19.8 Å². The molecule has 1 aromatic rings. The van der Waals surface area contributed by atoms with E-state index in [-0.39, 0.29) is 17.3 Å². The molecule has 15 heavy (non-hydrogen) atoms. The maximum Gasteiger partial charge on any atom is 0.165 e. The Labute approximate surface area is 96.6 Å². The molecule has 0 unspecified atom stereocenters. The zero-order valence-electron chi connectivity index (χ0n) is 8.43. The lowest BCUT2D eigenvalue weighted by Gasteiger charge is -2.06. The minimum atomic E-state index is -0.388. The monoisotopic (exact) mass is 274 g/mol. The van der Waals surface area contributed by atoms with Gasteiger partial charge in [-0.3, -0.25) is 0 Å². The Bertz CT molecular complexity index is 352. The summed E-state index contributed by atoms with van der Waals surface area (Å²) in [4.78, 5) is 10.6. The summed E-state index contributed by atoms with van der Waals surface area (Å²) < 4.78 is 19.1. The highest BCUT2D eigenvalue weighted by Gasteiger charge is 2.03. The Kier molecular flexibility index (Phi) is 4.75. The predicted octanol–water partition coefficient (Wildman–Crippen LogP) is 3.34. The van der Waals surface area contributed by atoms with Crippen molar-refractivity contribution in [3.63, 3.8) is 0 Å². The standard InChI is InChI=1S/C11H12BrFO2/c1-8(14)3-2-6-15-11-7-9(12)4-5-10(11)13/h4-5,7H,2-3,6H2,1H3. The highest BCUT2D eigenvalue weighted by molar-refractivity contribution is 9.10. The average molecular weight is 275 g/mol. The highest BCUT2D eigenvalue weighted by Crippen LogP contribution is 2.22. The Balaban J connectivity index is 2.43. The largest absolute Gasteiger partial charge is 0.490 e. The van der Waals surface area contributed by atoms with E-state index in [1.165, 1.54) is 13.0 Å². The van der Waals surface area contributed by atoms with E-state index in [1.807, 2.05) is 0 Å². The topological polar surface area (TPSA) is 26.3 Å². The summed E-state index contributed by atoms with van der Waals surface area (Å²) in [5.41, 5.74) is 0. The first kappa shape index (κ1) is 12.2. The number of carbonyl (C=O) groups excluding carboxylic acids is 1. The molecule has 0 radical (unpaired) electrons. The second-order valence-electron chi connectivity index (χ2n) is 3.23. The fourth-order valence-electron chi connectivity index (χ4n) is 1.09. The van der Waals surface area contributed by atoms with Gasteiger partial charge in [0.15, 0.2) is 11.6 Å². The first-order valence-electron chi connectivity index (χ1n) is 4.67. The Morgan fingerprint density at radius 3 is 2.93 bits per heavy atom. The van der Waals surface area contributed by atoms with Gasteiger partial charge in [0.2, 0.25) is 0 Å². The normalized spacial score (nSPS) is 10.1. The fraction of sp³-hybridized carbons (Fsp3) is 0.364. The summed E-state index contributed by atoms with van der Waals surface area (Å²) in [5, 5.41) is 0. The number of halogens is 2. The van der Waals surface area contributed by atoms with Gasteiger partial charge in [-0.05, 0) is 31.5 Å². The number of benzene rings is 1. The molecular formula is C11H12BrFO2. The van der Waals surface area contributed by atoms with E-state index in [2.05, 4.69) is 15.9 Å². The van der Waals surface area contributed by atoms with Crippen LogP contribution in [0.25, 0.3) is 0 Å². The second-order valence-corrected chi connectivity index (χ2v) is 4.14. The van der Waals surface area contributed by atoms with Crippen LogP contribution in [0, 0.1) is 5.82 Å². The van der Waals surface area contributed by atoms with Crippen LogP contribution in [0.3, 0.4) is 0 Å². The number of hydrogen-bond acceptors (Lipinski definition) is 2. The number of carbonyl (C=O) groups is 1. The molecule has 0 aromatic heterocycles. The van der Waals surface area contributed by atoms with Gasteiger partial charge in [0.1, 0.15) is 5.78 Å². The molecule has 0 aliphatic carbocycles. The van der Waals surface area contributed by atoms with Crippen LogP contribution in [-0.2, 0) is 4.79 Å². The van der Waals surface area contributed by atoms with Crippen LogP contribution < -0.4 is 4.74 Å². The number of Topliss-reactive ketones (excluding diaryl/α,β-unsaturated/α-hetero) is 1. The average Bonchev–Trinajstić information content (AvgIpc) is 2.17. The molecule has 0 aliphatic heterocycles. The van der Waals surface area contributed by atoms with Crippen LogP contribution in [0.4, 0.5) is 4.39 Å². The number of hydrogen-bond donors (Lipinski definition) is 0. The Hall–Kier alpha value is -0.900. The van der Waals surface area contributed by atoms with E-state index in [4.69, 9.17) is 4.74 Å². The molecule has 0 atom stereocenters. The van der Waals surface area contributed by atoms with Gasteiger partial charge in [-0.2, -0.15) is 0 Å². The molecule has 82 valence electrons. The molecule has 4 heteroatoms. The van der Waals surface area contributed by atoms with Crippen molar-refractivity contribution in [3.8, 4) is 5.75 Å². The van der Waals surface area contributed by atoms with E-state index in [0.717, 1.165) is 4.47 Å². The Morgan fingerprint density at radius 2 is 2.27 bits per heavy atom. The van der Waals surface area contributed by atoms with E-state index < -0.39 is 0 Å². The minimum Gasteiger partial charge on any atom is -0.490 e. The zero-order chi connectivity index (χ0) is 11.3. The van der Waals surface area contributed by atoms with Crippen LogP contribution in [0.5, 0.6) is 5.75 Å². The summed E-state index contributed by atoms with van der Waals surface area (Å²) >= 11 is 3.23. The highest BCUT2D eigenvalue weighted by atomic mass is 79.9. The van der Waals surface area contributed by atoms with Crippen LogP contribution in [0.15, 0.2) is 22.7 Å². The second kappa shape index (κ2) is 5.85. The number of rotatable bonds is 5. The summed E-state index contributed by atoms with van der Waals surface area (Å²) in [6.45, 7) is 1.88. The van der Waals surface area contributed by atoms with Crippen molar-refractivity contribution >= 4 is 21.7 Å². The van der Waals surface area contributed by atoms with Gasteiger partial charge in [-0.1, -0.05) is 15.9 Å². The molecule has 0 N–H and O–H groups in total. The van der Waals surface area contributed by atoms with E-state index in [0.29, 0.717) is 19.4 Å². The first-order valence-corrected chi connectivity index (χ1v) is 5.46. The molecule has 0 amide bonds. The van der Waals surface area contributed by atoms with E-state index in [9.17, 15) is 9.18 Å². The summed E-state index contributed by atoms with van der Waals surface area (Å²) in [7, 11) is 0. The third-order valence-corrected chi connectivity index (χ3v) is 2.32. The molecule has 0 heterocycles. The third-order valence-electron chi connectivity index (χ3n) is 1.82. The molecule has 0 saturated heterocycles. The maximum absolute atomic E-state index is 13.1. The van der Waals surface area contributed by atoms with Gasteiger partial charge in [0.05, 0.1) is 6.61 Å². The SMILES string of the molecule is CC(=O)CCCOc1cc(Br)ccc1F. The van der Waals surface area contributed by atoms with E-state index >= 15 is 0 Å². The van der Waals surface area contributed by atoms with Crippen molar-refractivity contribution in [1.29, 1.82) is 0 Å². The van der Waals surface area contributed by atoms with Crippen molar-refractivity contribution in [3.05, 3.63) is 28.5 Å². The zero-order valence-corrected chi connectivity index (χ0v) is 10.0. The van der Waals surface area contributed by atoms with Gasteiger partial charge in [0.25, 0.3) is 0 Å². The third kappa shape index (κ3) is 4.42. The van der Waals surface area contributed by atoms with E-state index in [1.54, 1.807) is 12.1 Å². The smallest absolute Gasteiger partial charge is 0.165 e. The summed E-state index contributed by atoms with van der Waals surface area (Å²) in [5.74, 6) is -0.0535. The minimum absolute atomic E-state index is 0.119. The number of ether oxygens (including phenoxy) is 1. The molecule has 0 fully saturated rings. The lowest BCUT2D eigenvalue weighted by molar-refractivity contribution is -0.117. The lowest BCUT2D eigenvalue weighted by Crippen LogP contribution is -2.01. The van der Waals surface area contributed by atoms with Crippen molar-refractivity contribution in [2.75, 3.05) is 6.61 Å². The van der Waals surface area contributed by atoms with Crippen LogP contribution in [0.2, 0.25) is 0 Å². The van der Waals surface area contributed by atoms with Gasteiger partial charge >= 0.3 is 0 Å². The molecule has 0 saturated carbocycles. The lowest BCUT2D eigenvalue weighted by atomic mass is 10.2. The number of ketones is 1. The van der Waals surface area contributed by atoms with Crippen molar-refractivity contribution in [2.24, 2.45) is 0 Å². The summed E-state index contributed by atoms with van der Waals surface area (Å²) in [6.07, 6.45) is 1.08. The maximum atomic E-state index is 13.1. The molecule has 2 nitrogen and oxygen atoms in total. The summed E-state index contributed by atoms with van der Waals surface area (Å²) in [6, 6.07) is 4.52. The molecule has 1 aromatic carbocycles. The fourth-order valence-corrected chi connectivity index (χ4v) is 1.43. The molecular weight excluding hydrogens is 263 g/mol. The van der Waals surface area contributed by atoms with Crippen LogP contribution >= 0.6 is 15.9 Å². The molecule has 0 spiro atoms. The molecule has 0 aliphatic rings. The van der Waals surface area contributed by atoms with Crippen molar-refractivity contribution in [2.45, 2.75) is 19.8 Å². The Morgan fingerprint density at radius 1 is 1.53 bits per heavy atom. The van der Waals surface area contributed by atoms with Crippen molar-refractivity contribution < 1.29 is 13.9 Å². The predicted molar refractivity (Wildman–Crippen MR) is 59.5 cm³/mol. The van der Waals surface area contributed by atoms with Gasteiger partial charge in [0, 0.05) is 10.9 Å². The quantitative estimate of drug-likeness (QED) is 0.770.